The van der Waals surface area contributed by atoms with E-state index in [9.17, 15) is 10.2 Å². The van der Waals surface area contributed by atoms with E-state index in [-0.39, 0.29) is 11.9 Å². The summed E-state index contributed by atoms with van der Waals surface area (Å²) in [6.07, 6.45) is 0.537. The third-order valence-electron chi connectivity index (χ3n) is 3.00. The molecule has 1 fully saturated rings. The number of aliphatic hydroxyl groups excluding tert-OH is 1. The number of phenolic OH excluding ortho intramolecular Hbond substituents is 1. The number of nitrogens with two attached hydrogens (primary N) is 1. The van der Waals surface area contributed by atoms with E-state index in [0.717, 1.165) is 4.47 Å². The van der Waals surface area contributed by atoms with Gasteiger partial charge in [0.15, 0.2) is 11.5 Å². The number of benzene rings is 1. The molecule has 0 atom stereocenters. The Kier molecular flexibility index (Phi) is 2.86. The number of aliphatic hydroxyl groups is 1. The topological polar surface area (TPSA) is 75.7 Å². The Morgan fingerprint density at radius 3 is 2.62 bits per heavy atom. The minimum absolute atomic E-state index is 0.0556. The fourth-order valence-electron chi connectivity index (χ4n) is 2.11. The Balaban J connectivity index is 2.44. The highest BCUT2D eigenvalue weighted by molar-refractivity contribution is 9.10. The molecule has 1 aliphatic rings. The van der Waals surface area contributed by atoms with Gasteiger partial charge in [-0.25, -0.2) is 0 Å². The number of phenols is 1. The first-order chi connectivity index (χ1) is 7.46. The van der Waals surface area contributed by atoms with E-state index in [1.54, 1.807) is 12.1 Å². The van der Waals surface area contributed by atoms with Crippen molar-refractivity contribution in [2.45, 2.75) is 24.5 Å². The van der Waals surface area contributed by atoms with E-state index in [1.807, 2.05) is 0 Å². The zero-order valence-corrected chi connectivity index (χ0v) is 10.5. The van der Waals surface area contributed by atoms with Crippen LogP contribution in [0.25, 0.3) is 0 Å². The van der Waals surface area contributed by atoms with E-state index in [4.69, 9.17) is 10.5 Å². The number of rotatable bonds is 2. The lowest BCUT2D eigenvalue weighted by Gasteiger charge is -2.43. The lowest BCUT2D eigenvalue weighted by atomic mass is 9.70. The summed E-state index contributed by atoms with van der Waals surface area (Å²) in [7, 11) is 1.49. The Morgan fingerprint density at radius 1 is 1.50 bits per heavy atom. The van der Waals surface area contributed by atoms with Crippen molar-refractivity contribution in [3.8, 4) is 11.5 Å². The lowest BCUT2D eigenvalue weighted by Crippen LogP contribution is -2.51. The van der Waals surface area contributed by atoms with Crippen molar-refractivity contribution in [2.75, 3.05) is 7.11 Å². The molecule has 1 saturated carbocycles. The van der Waals surface area contributed by atoms with E-state index in [1.165, 1.54) is 7.11 Å². The van der Waals surface area contributed by atoms with Crippen LogP contribution in [0.2, 0.25) is 0 Å². The van der Waals surface area contributed by atoms with Gasteiger partial charge in [0.25, 0.3) is 0 Å². The number of hydrogen-bond acceptors (Lipinski definition) is 4. The van der Waals surface area contributed by atoms with Crippen molar-refractivity contribution in [3.05, 3.63) is 22.2 Å². The average molecular weight is 288 g/mol. The monoisotopic (exact) mass is 287 g/mol. The first-order valence-corrected chi connectivity index (χ1v) is 5.79. The van der Waals surface area contributed by atoms with Crippen molar-refractivity contribution < 1.29 is 14.9 Å². The van der Waals surface area contributed by atoms with Crippen molar-refractivity contribution in [3.63, 3.8) is 0 Å². The van der Waals surface area contributed by atoms with E-state index >= 15 is 0 Å². The van der Waals surface area contributed by atoms with Gasteiger partial charge >= 0.3 is 0 Å². The van der Waals surface area contributed by atoms with Gasteiger partial charge in [-0.2, -0.15) is 0 Å². The molecule has 1 aromatic carbocycles. The Morgan fingerprint density at radius 2 is 2.12 bits per heavy atom. The van der Waals surface area contributed by atoms with Crippen LogP contribution in [0.15, 0.2) is 16.6 Å². The first-order valence-electron chi connectivity index (χ1n) is 5.00. The first kappa shape index (κ1) is 11.7. The maximum absolute atomic E-state index is 9.99. The summed E-state index contributed by atoms with van der Waals surface area (Å²) in [4.78, 5) is 0. The molecule has 0 aliphatic heterocycles. The number of methoxy groups -OCH3 is 1. The highest BCUT2D eigenvalue weighted by Crippen LogP contribution is 2.46. The molecule has 0 unspecified atom stereocenters. The smallest absolute Gasteiger partial charge is 0.162 e. The van der Waals surface area contributed by atoms with Crippen LogP contribution in [0.1, 0.15) is 18.4 Å². The highest BCUT2D eigenvalue weighted by Gasteiger charge is 2.43. The van der Waals surface area contributed by atoms with Crippen LogP contribution in [0, 0.1) is 0 Å². The van der Waals surface area contributed by atoms with Gasteiger partial charge in [-0.05, 0) is 25.0 Å². The lowest BCUT2D eigenvalue weighted by molar-refractivity contribution is 0.0197. The summed E-state index contributed by atoms with van der Waals surface area (Å²) in [5.41, 5.74) is 6.07. The zero-order chi connectivity index (χ0) is 11.9. The molecule has 0 radical (unpaired) electrons. The fourth-order valence-corrected chi connectivity index (χ4v) is 2.55. The quantitative estimate of drug-likeness (QED) is 0.770. The van der Waals surface area contributed by atoms with Gasteiger partial charge in [-0.3, -0.25) is 0 Å². The van der Waals surface area contributed by atoms with E-state index < -0.39 is 5.54 Å². The molecule has 1 aromatic rings. The van der Waals surface area contributed by atoms with Gasteiger partial charge in [-0.1, -0.05) is 15.9 Å². The number of aromatic hydroxyl groups is 1. The standard InChI is InChI=1S/C11H14BrNO3/c1-16-9-3-6(12)2-8(10(9)15)11(13)4-7(14)5-11/h2-3,7,14-15H,4-5,13H2,1H3. The van der Waals surface area contributed by atoms with Crippen molar-refractivity contribution in [1.82, 2.24) is 0 Å². The van der Waals surface area contributed by atoms with Gasteiger partial charge in [0.05, 0.1) is 13.2 Å². The van der Waals surface area contributed by atoms with Gasteiger partial charge in [0.1, 0.15) is 0 Å². The molecule has 88 valence electrons. The van der Waals surface area contributed by atoms with Crippen LogP contribution >= 0.6 is 15.9 Å². The normalized spacial score (nSPS) is 28.6. The summed E-state index contributed by atoms with van der Waals surface area (Å²) >= 11 is 3.34. The molecule has 4 N–H and O–H groups in total. The molecule has 0 heterocycles. The van der Waals surface area contributed by atoms with Crippen molar-refractivity contribution in [2.24, 2.45) is 5.73 Å². The summed E-state index contributed by atoms with van der Waals surface area (Å²) in [6.45, 7) is 0. The Labute approximate surface area is 102 Å². The molecular weight excluding hydrogens is 274 g/mol. The molecule has 0 bridgehead atoms. The predicted octanol–water partition coefficient (Wildman–Crippen LogP) is 1.47. The molecule has 2 rings (SSSR count). The minimum atomic E-state index is -0.652. The van der Waals surface area contributed by atoms with Gasteiger partial charge < -0.3 is 20.7 Å². The second-order valence-corrected chi connectivity index (χ2v) is 5.14. The second kappa shape index (κ2) is 3.91. The predicted molar refractivity (Wildman–Crippen MR) is 63.5 cm³/mol. The van der Waals surface area contributed by atoms with Gasteiger partial charge in [0, 0.05) is 15.6 Å². The largest absolute Gasteiger partial charge is 0.504 e. The Bertz CT molecular complexity index is 416. The molecular formula is C11H14BrNO3. The fraction of sp³-hybridized carbons (Fsp3) is 0.455. The summed E-state index contributed by atoms with van der Waals surface area (Å²) in [5.74, 6) is 0.440. The summed E-state index contributed by atoms with van der Waals surface area (Å²) in [5, 5.41) is 19.3. The maximum atomic E-state index is 9.99. The summed E-state index contributed by atoms with van der Waals surface area (Å²) in [6, 6.07) is 3.45. The SMILES string of the molecule is COc1cc(Br)cc(C2(N)CC(O)C2)c1O. The molecule has 4 nitrogen and oxygen atoms in total. The van der Waals surface area contributed by atoms with E-state index in [2.05, 4.69) is 15.9 Å². The average Bonchev–Trinajstić information content (AvgIpc) is 2.18. The minimum Gasteiger partial charge on any atom is -0.504 e. The van der Waals surface area contributed by atoms with Crippen LogP contribution in [-0.4, -0.2) is 23.4 Å². The number of halogens is 1. The van der Waals surface area contributed by atoms with Gasteiger partial charge in [0.2, 0.25) is 0 Å². The third kappa shape index (κ3) is 1.79. The Hall–Kier alpha value is -0.780. The van der Waals surface area contributed by atoms with Crippen LogP contribution in [-0.2, 0) is 5.54 Å². The van der Waals surface area contributed by atoms with Crippen molar-refractivity contribution in [1.29, 1.82) is 0 Å². The van der Waals surface area contributed by atoms with Crippen molar-refractivity contribution >= 4 is 15.9 Å². The third-order valence-corrected chi connectivity index (χ3v) is 3.45. The van der Waals surface area contributed by atoms with Crippen LogP contribution in [0.5, 0.6) is 11.5 Å². The number of ether oxygens (including phenoxy) is 1. The molecule has 0 amide bonds. The van der Waals surface area contributed by atoms with Crippen LogP contribution < -0.4 is 10.5 Å². The zero-order valence-electron chi connectivity index (χ0n) is 8.90. The van der Waals surface area contributed by atoms with Crippen LogP contribution in [0.3, 0.4) is 0 Å². The van der Waals surface area contributed by atoms with E-state index in [0.29, 0.717) is 24.2 Å². The van der Waals surface area contributed by atoms with Gasteiger partial charge in [-0.15, -0.1) is 0 Å². The molecule has 16 heavy (non-hydrogen) atoms. The summed E-state index contributed by atoms with van der Waals surface area (Å²) < 4.78 is 5.85. The molecule has 0 saturated heterocycles. The molecule has 1 aliphatic carbocycles. The number of hydrogen-bond donors (Lipinski definition) is 3. The molecule has 5 heteroatoms. The molecule has 0 aromatic heterocycles. The highest BCUT2D eigenvalue weighted by atomic mass is 79.9. The van der Waals surface area contributed by atoms with Crippen LogP contribution in [0.4, 0.5) is 0 Å². The maximum Gasteiger partial charge on any atom is 0.162 e. The second-order valence-electron chi connectivity index (χ2n) is 4.22. The molecule has 0 spiro atoms.